The molecule has 0 saturated carbocycles. The lowest BCUT2D eigenvalue weighted by Crippen LogP contribution is -2.04. The Morgan fingerprint density at radius 1 is 1.10 bits per heavy atom. The van der Waals surface area contributed by atoms with Crippen molar-refractivity contribution in [2.75, 3.05) is 0 Å². The number of carbonyl (C=O) groups is 1. The second kappa shape index (κ2) is 7.86. The van der Waals surface area contributed by atoms with Crippen LogP contribution in [0.5, 0.6) is 0 Å². The van der Waals surface area contributed by atoms with Gasteiger partial charge in [-0.05, 0) is 48.0 Å². The van der Waals surface area contributed by atoms with Crippen LogP contribution in [0.15, 0.2) is 59.0 Å². The fourth-order valence-corrected chi connectivity index (χ4v) is 2.85. The molecular formula is C21H11ClF3NO3. The van der Waals surface area contributed by atoms with Gasteiger partial charge in [-0.15, -0.1) is 0 Å². The first-order valence-corrected chi connectivity index (χ1v) is 8.49. The van der Waals surface area contributed by atoms with Gasteiger partial charge in [0.1, 0.15) is 11.5 Å². The molecule has 0 amide bonds. The Kier molecular flexibility index (Phi) is 5.48. The molecule has 146 valence electrons. The summed E-state index contributed by atoms with van der Waals surface area (Å²) in [5.74, 6) is -0.463. The molecule has 0 aliphatic carbocycles. The zero-order valence-corrected chi connectivity index (χ0v) is 15.3. The van der Waals surface area contributed by atoms with E-state index in [4.69, 9.17) is 21.1 Å². The quantitative estimate of drug-likeness (QED) is 0.500. The van der Waals surface area contributed by atoms with E-state index in [0.717, 1.165) is 12.1 Å². The Labute approximate surface area is 168 Å². The number of benzene rings is 2. The van der Waals surface area contributed by atoms with E-state index < -0.39 is 17.7 Å². The van der Waals surface area contributed by atoms with Crippen LogP contribution in [0, 0.1) is 11.3 Å². The molecule has 8 heteroatoms. The highest BCUT2D eigenvalue weighted by Gasteiger charge is 2.30. The topological polar surface area (TPSA) is 74.2 Å². The number of furan rings is 1. The second-order valence-electron chi connectivity index (χ2n) is 5.95. The number of nitrogens with zero attached hydrogens (tertiary/aromatic N) is 1. The van der Waals surface area contributed by atoms with Gasteiger partial charge in [0.15, 0.2) is 0 Å². The summed E-state index contributed by atoms with van der Waals surface area (Å²) in [5.41, 5.74) is 0.121. The molecule has 0 aliphatic heterocycles. The van der Waals surface area contributed by atoms with Crippen LogP contribution in [0.4, 0.5) is 13.2 Å². The molecule has 3 rings (SSSR count). The number of halogens is 4. The van der Waals surface area contributed by atoms with Crippen LogP contribution >= 0.6 is 11.6 Å². The third-order valence-electron chi connectivity index (χ3n) is 4.04. The molecule has 0 radical (unpaired) electrons. The summed E-state index contributed by atoms with van der Waals surface area (Å²) >= 11 is 5.96. The first kappa shape index (κ1) is 20.2. The molecule has 0 unspecified atom stereocenters. The summed E-state index contributed by atoms with van der Waals surface area (Å²) in [6, 6.07) is 13.7. The van der Waals surface area contributed by atoms with Crippen LogP contribution in [0.3, 0.4) is 0 Å². The summed E-state index contributed by atoms with van der Waals surface area (Å²) in [4.78, 5) is 11.0. The molecule has 0 fully saturated rings. The highest BCUT2D eigenvalue weighted by atomic mass is 35.5. The van der Waals surface area contributed by atoms with E-state index in [-0.39, 0.29) is 16.2 Å². The molecule has 1 N–H and O–H groups in total. The van der Waals surface area contributed by atoms with Gasteiger partial charge >= 0.3 is 12.1 Å². The standard InChI is InChI=1S/C21H11ClF3NO3/c22-18-10-13(3-7-17(18)20(27)28)19-8-6-16(29-19)9-14(11-26)12-1-4-15(5-2-12)21(23,24)25/h1-10H,(H,27,28)/b14-9-. The number of carboxylic acids is 1. The predicted molar refractivity (Wildman–Crippen MR) is 101 cm³/mol. The highest BCUT2D eigenvalue weighted by Crippen LogP contribution is 2.31. The number of alkyl halides is 3. The normalized spacial score (nSPS) is 11.9. The van der Waals surface area contributed by atoms with Crippen LogP contribution in [0.1, 0.15) is 27.2 Å². The number of carboxylic acid groups (broad SMARTS) is 1. The second-order valence-corrected chi connectivity index (χ2v) is 6.35. The molecular weight excluding hydrogens is 407 g/mol. The van der Waals surface area contributed by atoms with Crippen LogP contribution in [-0.2, 0) is 6.18 Å². The van der Waals surface area contributed by atoms with E-state index in [0.29, 0.717) is 22.6 Å². The minimum atomic E-state index is -4.46. The average Bonchev–Trinajstić information content (AvgIpc) is 3.14. The van der Waals surface area contributed by atoms with Crippen molar-refractivity contribution >= 4 is 29.2 Å². The summed E-state index contributed by atoms with van der Waals surface area (Å²) in [7, 11) is 0. The van der Waals surface area contributed by atoms with Crippen molar-refractivity contribution in [2.45, 2.75) is 6.18 Å². The van der Waals surface area contributed by atoms with E-state index in [9.17, 15) is 23.2 Å². The SMILES string of the molecule is N#C/C(=C/c1ccc(-c2ccc(C(=O)O)c(Cl)c2)o1)c1ccc(C(F)(F)F)cc1. The molecule has 0 saturated heterocycles. The lowest BCUT2D eigenvalue weighted by Gasteiger charge is -2.07. The van der Waals surface area contributed by atoms with Crippen LogP contribution in [0.2, 0.25) is 5.02 Å². The molecule has 0 bridgehead atoms. The van der Waals surface area contributed by atoms with Gasteiger partial charge in [-0.25, -0.2) is 4.79 Å². The summed E-state index contributed by atoms with van der Waals surface area (Å²) in [5, 5.41) is 18.4. The third-order valence-corrected chi connectivity index (χ3v) is 4.35. The van der Waals surface area contributed by atoms with E-state index in [1.807, 2.05) is 6.07 Å². The molecule has 1 heterocycles. The molecule has 1 aromatic heterocycles. The largest absolute Gasteiger partial charge is 0.478 e. The minimum Gasteiger partial charge on any atom is -0.478 e. The Bertz CT molecular complexity index is 1140. The Morgan fingerprint density at radius 2 is 1.79 bits per heavy atom. The van der Waals surface area contributed by atoms with Gasteiger partial charge in [-0.2, -0.15) is 18.4 Å². The van der Waals surface area contributed by atoms with Crippen LogP contribution < -0.4 is 0 Å². The van der Waals surface area contributed by atoms with Gasteiger partial charge in [0.25, 0.3) is 0 Å². The lowest BCUT2D eigenvalue weighted by atomic mass is 10.0. The van der Waals surface area contributed by atoms with Crippen molar-refractivity contribution in [3.05, 3.63) is 82.1 Å². The van der Waals surface area contributed by atoms with E-state index in [1.165, 1.54) is 36.4 Å². The van der Waals surface area contributed by atoms with E-state index >= 15 is 0 Å². The van der Waals surface area contributed by atoms with Gasteiger partial charge in [0.05, 0.1) is 27.8 Å². The smallest absolute Gasteiger partial charge is 0.416 e. The summed E-state index contributed by atoms with van der Waals surface area (Å²) in [6.45, 7) is 0. The maximum atomic E-state index is 12.7. The number of aromatic carboxylic acids is 1. The zero-order chi connectivity index (χ0) is 21.2. The first-order chi connectivity index (χ1) is 13.7. The van der Waals surface area contributed by atoms with E-state index in [2.05, 4.69) is 0 Å². The zero-order valence-electron chi connectivity index (χ0n) is 14.5. The van der Waals surface area contributed by atoms with Crippen molar-refractivity contribution in [1.29, 1.82) is 5.26 Å². The van der Waals surface area contributed by atoms with Crippen molar-refractivity contribution in [1.82, 2.24) is 0 Å². The Hall–Kier alpha value is -3.50. The monoisotopic (exact) mass is 417 g/mol. The van der Waals surface area contributed by atoms with Gasteiger partial charge in [0, 0.05) is 5.56 Å². The number of hydrogen-bond donors (Lipinski definition) is 1. The Morgan fingerprint density at radius 3 is 2.34 bits per heavy atom. The molecule has 0 atom stereocenters. The molecule has 2 aromatic carbocycles. The molecule has 0 spiro atoms. The molecule has 4 nitrogen and oxygen atoms in total. The van der Waals surface area contributed by atoms with Crippen molar-refractivity contribution < 1.29 is 27.5 Å². The number of nitriles is 1. The van der Waals surface area contributed by atoms with Crippen molar-refractivity contribution in [3.63, 3.8) is 0 Å². The van der Waals surface area contributed by atoms with Crippen molar-refractivity contribution in [2.24, 2.45) is 0 Å². The number of rotatable bonds is 4. The summed E-state index contributed by atoms with van der Waals surface area (Å²) < 4.78 is 43.7. The highest BCUT2D eigenvalue weighted by molar-refractivity contribution is 6.33. The van der Waals surface area contributed by atoms with Gasteiger partial charge < -0.3 is 9.52 Å². The lowest BCUT2D eigenvalue weighted by molar-refractivity contribution is -0.137. The fourth-order valence-electron chi connectivity index (χ4n) is 2.59. The molecule has 0 aliphatic rings. The molecule has 29 heavy (non-hydrogen) atoms. The number of allylic oxidation sites excluding steroid dienone is 1. The van der Waals surface area contributed by atoms with Gasteiger partial charge in [-0.1, -0.05) is 29.8 Å². The predicted octanol–water partition coefficient (Wildman–Crippen LogP) is 6.38. The fraction of sp³-hybridized carbons (Fsp3) is 0.0476. The molecule has 3 aromatic rings. The maximum Gasteiger partial charge on any atom is 0.416 e. The first-order valence-electron chi connectivity index (χ1n) is 8.11. The average molecular weight is 418 g/mol. The van der Waals surface area contributed by atoms with Gasteiger partial charge in [0.2, 0.25) is 0 Å². The van der Waals surface area contributed by atoms with Crippen LogP contribution in [0.25, 0.3) is 23.0 Å². The number of hydrogen-bond acceptors (Lipinski definition) is 3. The maximum absolute atomic E-state index is 12.7. The van der Waals surface area contributed by atoms with E-state index in [1.54, 1.807) is 12.1 Å². The van der Waals surface area contributed by atoms with Crippen molar-refractivity contribution in [3.8, 4) is 17.4 Å². The van der Waals surface area contributed by atoms with Crippen LogP contribution in [-0.4, -0.2) is 11.1 Å². The summed E-state index contributed by atoms with van der Waals surface area (Å²) in [6.07, 6.45) is -3.05. The Balaban J connectivity index is 1.89. The van der Waals surface area contributed by atoms with Gasteiger partial charge in [-0.3, -0.25) is 0 Å². The minimum absolute atomic E-state index is 0.0452. The third kappa shape index (κ3) is 4.50.